The third-order valence-corrected chi connectivity index (χ3v) is 7.05. The van der Waals surface area contributed by atoms with E-state index in [4.69, 9.17) is 0 Å². The summed E-state index contributed by atoms with van der Waals surface area (Å²) in [5.41, 5.74) is 0.526. The van der Waals surface area contributed by atoms with Crippen LogP contribution in [0, 0.1) is 0 Å². The van der Waals surface area contributed by atoms with Crippen LogP contribution in [-0.4, -0.2) is 73.6 Å². The van der Waals surface area contributed by atoms with Crippen LogP contribution in [0.2, 0.25) is 0 Å². The van der Waals surface area contributed by atoms with Gasteiger partial charge in [0.25, 0.3) is 0 Å². The molecule has 7 heteroatoms. The molecule has 0 N–H and O–H groups in total. The van der Waals surface area contributed by atoms with Crippen LogP contribution in [0.25, 0.3) is 0 Å². The average molecular weight is 410 g/mol. The molecule has 1 saturated heterocycles. The Hall–Kier alpha value is -1.44. The van der Waals surface area contributed by atoms with Crippen molar-refractivity contribution in [3.8, 4) is 0 Å². The second kappa shape index (κ2) is 8.13. The van der Waals surface area contributed by atoms with Crippen LogP contribution in [0.1, 0.15) is 6.42 Å². The van der Waals surface area contributed by atoms with Gasteiger partial charge in [0, 0.05) is 37.6 Å². The molecule has 0 amide bonds. The predicted molar refractivity (Wildman–Crippen MR) is 109 cm³/mol. The highest BCUT2D eigenvalue weighted by molar-refractivity contribution is 8.00. The molecular formula is C21H26F3N3S. The van der Waals surface area contributed by atoms with Gasteiger partial charge in [-0.25, -0.2) is 0 Å². The summed E-state index contributed by atoms with van der Waals surface area (Å²) in [6.07, 6.45) is 1.04. The van der Waals surface area contributed by atoms with E-state index in [2.05, 4.69) is 27.8 Å². The minimum Gasteiger partial charge on any atom is -0.363 e. The van der Waals surface area contributed by atoms with Crippen molar-refractivity contribution in [3.05, 3.63) is 48.1 Å². The van der Waals surface area contributed by atoms with E-state index >= 15 is 0 Å². The van der Waals surface area contributed by atoms with Crippen molar-refractivity contribution in [3.63, 3.8) is 0 Å². The number of anilines is 1. The van der Waals surface area contributed by atoms with Gasteiger partial charge in [-0.1, -0.05) is 24.3 Å². The molecule has 2 atom stereocenters. The maximum absolute atomic E-state index is 13.3. The molecule has 2 aliphatic heterocycles. The fourth-order valence-corrected chi connectivity index (χ4v) is 5.40. The number of halogens is 3. The molecule has 1 aromatic rings. The van der Waals surface area contributed by atoms with Crippen molar-refractivity contribution in [2.75, 3.05) is 51.2 Å². The van der Waals surface area contributed by atoms with E-state index in [1.165, 1.54) is 12.2 Å². The maximum atomic E-state index is 13.3. The Bertz CT molecular complexity index is 754. The van der Waals surface area contributed by atoms with E-state index in [0.717, 1.165) is 56.3 Å². The normalized spacial score (nSPS) is 26.0. The second-order valence-corrected chi connectivity index (χ2v) is 8.93. The summed E-state index contributed by atoms with van der Waals surface area (Å²) in [5, 5.41) is 0.0182. The lowest BCUT2D eigenvalue weighted by atomic mass is 9.99. The van der Waals surface area contributed by atoms with E-state index in [1.807, 2.05) is 18.2 Å². The van der Waals surface area contributed by atoms with Gasteiger partial charge < -0.3 is 14.7 Å². The van der Waals surface area contributed by atoms with E-state index in [0.29, 0.717) is 0 Å². The quantitative estimate of drug-likeness (QED) is 0.742. The zero-order valence-electron chi connectivity index (χ0n) is 16.0. The molecule has 0 saturated carbocycles. The fourth-order valence-electron chi connectivity index (χ4n) is 4.12. The lowest BCUT2D eigenvalue weighted by Crippen LogP contribution is -2.47. The molecule has 1 fully saturated rings. The summed E-state index contributed by atoms with van der Waals surface area (Å²) in [6.45, 7) is 6.04. The Morgan fingerprint density at radius 1 is 1.07 bits per heavy atom. The van der Waals surface area contributed by atoms with Gasteiger partial charge in [-0.05, 0) is 38.2 Å². The number of likely N-dealkylation sites (N-methyl/N-ethyl adjacent to an activating group) is 1. The smallest absolute Gasteiger partial charge is 0.363 e. The van der Waals surface area contributed by atoms with Crippen LogP contribution in [0.3, 0.4) is 0 Å². The molecule has 0 unspecified atom stereocenters. The third-order valence-electron chi connectivity index (χ3n) is 5.75. The first-order valence-electron chi connectivity index (χ1n) is 9.82. The van der Waals surface area contributed by atoms with Gasteiger partial charge in [-0.2, -0.15) is 13.2 Å². The standard InChI is InChI=1S/C21H26F3N3S/c1-25-11-13-26(14-12-25)9-4-10-27-17-5-2-3-6-19(17)28-20-8-7-16(15-18(20)27)21(22,23)24/h2-3,5-8,15,18,20H,4,9-14H2,1H3/t18-,20+/m0/s1. The van der Waals surface area contributed by atoms with E-state index < -0.39 is 11.7 Å². The number of hydrogen-bond acceptors (Lipinski definition) is 4. The molecule has 0 radical (unpaired) electrons. The van der Waals surface area contributed by atoms with Crippen molar-refractivity contribution < 1.29 is 13.2 Å². The van der Waals surface area contributed by atoms with Gasteiger partial charge in [-0.15, -0.1) is 11.8 Å². The largest absolute Gasteiger partial charge is 0.416 e. The lowest BCUT2D eigenvalue weighted by molar-refractivity contribution is -0.0887. The molecule has 0 spiro atoms. The van der Waals surface area contributed by atoms with Gasteiger partial charge in [0.2, 0.25) is 0 Å². The Balaban J connectivity index is 1.50. The Morgan fingerprint density at radius 3 is 2.57 bits per heavy atom. The minimum atomic E-state index is -4.30. The fraction of sp³-hybridized carbons (Fsp3) is 0.524. The van der Waals surface area contributed by atoms with E-state index in [1.54, 1.807) is 17.8 Å². The van der Waals surface area contributed by atoms with Crippen molar-refractivity contribution in [2.24, 2.45) is 0 Å². The van der Waals surface area contributed by atoms with Crippen molar-refractivity contribution in [1.82, 2.24) is 9.80 Å². The van der Waals surface area contributed by atoms with Crippen molar-refractivity contribution in [1.29, 1.82) is 0 Å². The minimum absolute atomic E-state index is 0.0182. The van der Waals surface area contributed by atoms with E-state index in [-0.39, 0.29) is 11.3 Å². The highest BCUT2D eigenvalue weighted by Crippen LogP contribution is 2.45. The number of allylic oxidation sites excluding steroid dienone is 2. The number of para-hydroxylation sites is 1. The first-order chi connectivity index (χ1) is 13.4. The first kappa shape index (κ1) is 19.9. The monoisotopic (exact) mass is 409 g/mol. The van der Waals surface area contributed by atoms with Crippen molar-refractivity contribution >= 4 is 17.4 Å². The van der Waals surface area contributed by atoms with Crippen LogP contribution in [-0.2, 0) is 0 Å². The van der Waals surface area contributed by atoms with Crippen LogP contribution >= 0.6 is 11.8 Å². The Labute approximate surface area is 168 Å². The Morgan fingerprint density at radius 2 is 1.82 bits per heavy atom. The number of rotatable bonds is 4. The van der Waals surface area contributed by atoms with Crippen molar-refractivity contribution in [2.45, 2.75) is 28.8 Å². The van der Waals surface area contributed by atoms with Gasteiger partial charge >= 0.3 is 6.18 Å². The highest BCUT2D eigenvalue weighted by Gasteiger charge is 2.39. The molecule has 152 valence electrons. The molecule has 0 aromatic heterocycles. The second-order valence-electron chi connectivity index (χ2n) is 7.71. The average Bonchev–Trinajstić information content (AvgIpc) is 2.68. The zero-order chi connectivity index (χ0) is 19.7. The highest BCUT2D eigenvalue weighted by atomic mass is 32.2. The zero-order valence-corrected chi connectivity index (χ0v) is 16.8. The number of alkyl halides is 3. The molecule has 3 nitrogen and oxygen atoms in total. The number of piperazine rings is 1. The molecule has 2 heterocycles. The molecule has 3 aliphatic rings. The topological polar surface area (TPSA) is 9.72 Å². The Kier molecular flexibility index (Phi) is 5.76. The molecule has 28 heavy (non-hydrogen) atoms. The van der Waals surface area contributed by atoms with Gasteiger partial charge in [0.1, 0.15) is 0 Å². The molecule has 4 rings (SSSR count). The van der Waals surface area contributed by atoms with Gasteiger partial charge in [0.15, 0.2) is 0 Å². The summed E-state index contributed by atoms with van der Waals surface area (Å²) < 4.78 is 39.9. The summed E-state index contributed by atoms with van der Waals surface area (Å²) in [4.78, 5) is 8.12. The number of fused-ring (bicyclic) bond motifs is 2. The molecule has 1 aliphatic carbocycles. The van der Waals surface area contributed by atoms with Crippen LogP contribution in [0.5, 0.6) is 0 Å². The number of benzene rings is 1. The van der Waals surface area contributed by atoms with Gasteiger partial charge in [-0.3, -0.25) is 0 Å². The number of nitrogens with zero attached hydrogens (tertiary/aromatic N) is 3. The maximum Gasteiger partial charge on any atom is 0.416 e. The SMILES string of the molecule is CN1CCN(CCCN2c3ccccc3S[C@@H]3C=CC(C(F)(F)F)=C[C@@H]32)CC1. The van der Waals surface area contributed by atoms with Crippen LogP contribution in [0.4, 0.5) is 18.9 Å². The summed E-state index contributed by atoms with van der Waals surface area (Å²) in [6, 6.07) is 7.82. The number of hydrogen-bond donors (Lipinski definition) is 0. The summed E-state index contributed by atoms with van der Waals surface area (Å²) in [7, 11) is 2.14. The first-order valence-corrected chi connectivity index (χ1v) is 10.7. The molecule has 1 aromatic carbocycles. The predicted octanol–water partition coefficient (Wildman–Crippen LogP) is 4.03. The van der Waals surface area contributed by atoms with Gasteiger partial charge in [0.05, 0.1) is 22.6 Å². The number of thioether (sulfide) groups is 1. The summed E-state index contributed by atoms with van der Waals surface area (Å²) >= 11 is 1.66. The lowest BCUT2D eigenvalue weighted by Gasteiger charge is -2.43. The third kappa shape index (κ3) is 4.26. The summed E-state index contributed by atoms with van der Waals surface area (Å²) in [5.74, 6) is 0. The molecule has 0 bridgehead atoms. The van der Waals surface area contributed by atoms with E-state index in [9.17, 15) is 13.2 Å². The van der Waals surface area contributed by atoms with Crippen LogP contribution in [0.15, 0.2) is 53.0 Å². The van der Waals surface area contributed by atoms with Crippen LogP contribution < -0.4 is 4.90 Å². The molecular weight excluding hydrogens is 383 g/mol.